The molecular weight excluding hydrogens is 449 g/mol. The van der Waals surface area contributed by atoms with E-state index in [-0.39, 0.29) is 11.4 Å². The van der Waals surface area contributed by atoms with Crippen LogP contribution in [0.4, 0.5) is 23.7 Å². The fraction of sp³-hybridized carbons (Fsp3) is 0.125. The number of hydrogen-bond acceptors (Lipinski definition) is 3. The monoisotopic (exact) mass is 468 g/mol. The van der Waals surface area contributed by atoms with E-state index in [1.165, 1.54) is 29.0 Å². The van der Waals surface area contributed by atoms with Gasteiger partial charge in [0.15, 0.2) is 0 Å². The van der Waals surface area contributed by atoms with Gasteiger partial charge in [-0.05, 0) is 55.5 Å². The van der Waals surface area contributed by atoms with E-state index in [2.05, 4.69) is 10.6 Å². The van der Waals surface area contributed by atoms with Gasteiger partial charge in [-0.25, -0.2) is 9.69 Å². The molecule has 1 saturated heterocycles. The fourth-order valence-electron chi connectivity index (χ4n) is 3.42. The van der Waals surface area contributed by atoms with E-state index in [0.717, 1.165) is 22.6 Å². The summed E-state index contributed by atoms with van der Waals surface area (Å²) in [6, 6.07) is 14.2. The fourth-order valence-corrected chi connectivity index (χ4v) is 3.42. The van der Waals surface area contributed by atoms with E-state index in [4.69, 9.17) is 0 Å². The number of benzene rings is 2. The van der Waals surface area contributed by atoms with Gasteiger partial charge in [-0.1, -0.05) is 23.8 Å². The lowest BCUT2D eigenvalue weighted by Crippen LogP contribution is -2.38. The number of anilines is 1. The third-order valence-corrected chi connectivity index (χ3v) is 5.12. The van der Waals surface area contributed by atoms with Crippen molar-refractivity contribution in [2.24, 2.45) is 0 Å². The van der Waals surface area contributed by atoms with Crippen LogP contribution in [0.25, 0.3) is 11.8 Å². The lowest BCUT2D eigenvalue weighted by molar-refractivity contribution is -0.137. The van der Waals surface area contributed by atoms with Crippen molar-refractivity contribution in [2.45, 2.75) is 13.1 Å². The first-order chi connectivity index (χ1) is 16.1. The number of carbonyl (C=O) groups is 3. The van der Waals surface area contributed by atoms with Gasteiger partial charge >= 0.3 is 12.2 Å². The number of nitrogens with zero attached hydrogens (tertiary/aromatic N) is 2. The molecule has 0 atom stereocenters. The minimum absolute atomic E-state index is 0.0972. The molecule has 1 fully saturated rings. The van der Waals surface area contributed by atoms with E-state index < -0.39 is 36.1 Å². The molecule has 0 spiro atoms. The Kier molecular flexibility index (Phi) is 5.97. The minimum Gasteiger partial charge on any atom is -0.325 e. The normalized spacial score (nSPS) is 15.1. The van der Waals surface area contributed by atoms with Crippen LogP contribution >= 0.6 is 0 Å². The number of amides is 4. The number of carbonyl (C=O) groups excluding carboxylic acids is 3. The summed E-state index contributed by atoms with van der Waals surface area (Å²) in [7, 11) is 0. The molecule has 3 aromatic rings. The summed E-state index contributed by atoms with van der Waals surface area (Å²) >= 11 is 0. The van der Waals surface area contributed by atoms with E-state index >= 15 is 0 Å². The Morgan fingerprint density at radius 1 is 1.06 bits per heavy atom. The summed E-state index contributed by atoms with van der Waals surface area (Å²) in [6.45, 7) is 1.40. The first kappa shape index (κ1) is 22.8. The Bertz CT molecular complexity index is 1290. The molecule has 2 aromatic carbocycles. The topological polar surface area (TPSA) is 83.4 Å². The predicted octanol–water partition coefficient (Wildman–Crippen LogP) is 4.34. The van der Waals surface area contributed by atoms with Crippen molar-refractivity contribution in [3.8, 4) is 5.69 Å². The molecule has 0 saturated carbocycles. The summed E-state index contributed by atoms with van der Waals surface area (Å²) < 4.78 is 40.7. The van der Waals surface area contributed by atoms with Crippen LogP contribution in [0.15, 0.2) is 72.6 Å². The maximum Gasteiger partial charge on any atom is 0.416 e. The first-order valence-corrected chi connectivity index (χ1v) is 10.2. The molecule has 0 bridgehead atoms. The van der Waals surface area contributed by atoms with Crippen molar-refractivity contribution >= 4 is 29.6 Å². The largest absolute Gasteiger partial charge is 0.416 e. The Balaban J connectivity index is 1.52. The van der Waals surface area contributed by atoms with E-state index in [1.807, 2.05) is 19.1 Å². The zero-order chi connectivity index (χ0) is 24.5. The molecule has 0 radical (unpaired) electrons. The molecule has 4 rings (SSSR count). The molecule has 1 aliphatic heterocycles. The number of halogens is 3. The summed E-state index contributed by atoms with van der Waals surface area (Å²) in [5.41, 5.74) is 1.23. The van der Waals surface area contributed by atoms with Gasteiger partial charge < -0.3 is 15.2 Å². The van der Waals surface area contributed by atoms with Crippen molar-refractivity contribution in [1.82, 2.24) is 14.8 Å². The van der Waals surface area contributed by atoms with Crippen LogP contribution in [0.5, 0.6) is 0 Å². The highest BCUT2D eigenvalue weighted by Crippen LogP contribution is 2.31. The molecule has 10 heteroatoms. The number of aryl methyl sites for hydroxylation is 1. The number of hydrogen-bond donors (Lipinski definition) is 2. The predicted molar refractivity (Wildman–Crippen MR) is 119 cm³/mol. The van der Waals surface area contributed by atoms with E-state index in [1.54, 1.807) is 24.3 Å². The molecule has 34 heavy (non-hydrogen) atoms. The highest BCUT2D eigenvalue weighted by molar-refractivity contribution is 6.15. The van der Waals surface area contributed by atoms with Gasteiger partial charge in [-0.15, -0.1) is 0 Å². The summed E-state index contributed by atoms with van der Waals surface area (Å²) in [6.07, 6.45) is -1.62. The highest BCUT2D eigenvalue weighted by atomic mass is 19.4. The molecule has 2 N–H and O–H groups in total. The van der Waals surface area contributed by atoms with Gasteiger partial charge in [0.25, 0.3) is 5.91 Å². The standard InChI is InChI=1S/C24H19F3N4O3/c1-15-7-9-17(10-8-15)28-21(32)14-31-22(33)20(29-23(31)34)13-19-6-3-11-30(19)18-5-2-4-16(12-18)24(25,26)27/h2-13H,14H2,1H3,(H,28,32)(H,29,34)/b20-13-. The third kappa shape index (κ3) is 4.85. The van der Waals surface area contributed by atoms with Crippen molar-refractivity contribution in [3.05, 3.63) is 89.4 Å². The first-order valence-electron chi connectivity index (χ1n) is 10.2. The van der Waals surface area contributed by atoms with Crippen molar-refractivity contribution < 1.29 is 27.6 Å². The van der Waals surface area contributed by atoms with Crippen LogP contribution in [0, 0.1) is 6.92 Å². The third-order valence-electron chi connectivity index (χ3n) is 5.12. The average Bonchev–Trinajstić information content (AvgIpc) is 3.35. The lowest BCUT2D eigenvalue weighted by atomic mass is 10.2. The van der Waals surface area contributed by atoms with Crippen LogP contribution in [0.1, 0.15) is 16.8 Å². The molecule has 7 nitrogen and oxygen atoms in total. The molecule has 4 amide bonds. The van der Waals surface area contributed by atoms with Crippen LogP contribution in [0.2, 0.25) is 0 Å². The molecule has 0 unspecified atom stereocenters. The zero-order valence-electron chi connectivity index (χ0n) is 17.9. The molecule has 1 aromatic heterocycles. The Morgan fingerprint density at radius 2 is 1.79 bits per heavy atom. The van der Waals surface area contributed by atoms with Gasteiger partial charge in [0, 0.05) is 23.3 Å². The quantitative estimate of drug-likeness (QED) is 0.432. The maximum atomic E-state index is 13.1. The molecular formula is C24H19F3N4O3. The Labute approximate surface area is 192 Å². The SMILES string of the molecule is Cc1ccc(NC(=O)CN2C(=O)N/C(=C\c3cccn3-c3cccc(C(F)(F)F)c3)C2=O)cc1. The van der Waals surface area contributed by atoms with Crippen LogP contribution in [0.3, 0.4) is 0 Å². The van der Waals surface area contributed by atoms with Gasteiger partial charge in [0.2, 0.25) is 5.91 Å². The van der Waals surface area contributed by atoms with Gasteiger partial charge in [-0.3, -0.25) is 9.59 Å². The second-order valence-electron chi connectivity index (χ2n) is 7.64. The summed E-state index contributed by atoms with van der Waals surface area (Å²) in [4.78, 5) is 38.1. The molecule has 0 aliphatic carbocycles. The van der Waals surface area contributed by atoms with E-state index in [9.17, 15) is 27.6 Å². The Morgan fingerprint density at radius 3 is 2.50 bits per heavy atom. The van der Waals surface area contributed by atoms with Crippen molar-refractivity contribution in [3.63, 3.8) is 0 Å². The Hall–Kier alpha value is -4.34. The highest BCUT2D eigenvalue weighted by Gasteiger charge is 2.35. The number of alkyl halides is 3. The lowest BCUT2D eigenvalue weighted by Gasteiger charge is -2.12. The van der Waals surface area contributed by atoms with Crippen molar-refractivity contribution in [1.29, 1.82) is 0 Å². The van der Waals surface area contributed by atoms with E-state index in [0.29, 0.717) is 11.4 Å². The smallest absolute Gasteiger partial charge is 0.325 e. The van der Waals surface area contributed by atoms with Gasteiger partial charge in [-0.2, -0.15) is 13.2 Å². The van der Waals surface area contributed by atoms with Gasteiger partial charge in [0.1, 0.15) is 12.2 Å². The number of aromatic nitrogens is 1. The average molecular weight is 468 g/mol. The summed E-state index contributed by atoms with van der Waals surface area (Å²) in [5, 5.41) is 5.03. The molecule has 1 aliphatic rings. The molecule has 2 heterocycles. The number of urea groups is 1. The van der Waals surface area contributed by atoms with Crippen molar-refractivity contribution in [2.75, 3.05) is 11.9 Å². The van der Waals surface area contributed by atoms with Crippen LogP contribution < -0.4 is 10.6 Å². The number of nitrogens with one attached hydrogen (secondary N) is 2. The number of imide groups is 1. The number of rotatable bonds is 5. The van der Waals surface area contributed by atoms with Gasteiger partial charge in [0.05, 0.1) is 5.56 Å². The van der Waals surface area contributed by atoms with Crippen LogP contribution in [-0.2, 0) is 15.8 Å². The van der Waals surface area contributed by atoms with Crippen LogP contribution in [-0.4, -0.2) is 33.9 Å². The molecule has 174 valence electrons. The second-order valence-corrected chi connectivity index (χ2v) is 7.64. The minimum atomic E-state index is -4.50. The zero-order valence-corrected chi connectivity index (χ0v) is 17.9. The summed E-state index contributed by atoms with van der Waals surface area (Å²) in [5.74, 6) is -1.28. The maximum absolute atomic E-state index is 13.1. The second kappa shape index (κ2) is 8.89.